The lowest BCUT2D eigenvalue weighted by Gasteiger charge is -2.15. The van der Waals surface area contributed by atoms with Gasteiger partial charge in [-0.1, -0.05) is 18.5 Å². The molecule has 0 spiro atoms. The van der Waals surface area contributed by atoms with E-state index in [-0.39, 0.29) is 12.5 Å². The second kappa shape index (κ2) is 5.50. The molecule has 0 fully saturated rings. The van der Waals surface area contributed by atoms with Crippen molar-refractivity contribution < 1.29 is 14.7 Å². The zero-order valence-electron chi connectivity index (χ0n) is 11.1. The molecule has 0 aliphatic rings. The van der Waals surface area contributed by atoms with Crippen molar-refractivity contribution in [3.05, 3.63) is 34.7 Å². The van der Waals surface area contributed by atoms with Gasteiger partial charge in [0.25, 0.3) is 5.91 Å². The number of fused-ring (bicyclic) bond motifs is 1. The average Bonchev–Trinajstić information content (AvgIpc) is 2.74. The quantitative estimate of drug-likeness (QED) is 0.931. The molecule has 2 aromatic rings. The highest BCUT2D eigenvalue weighted by Gasteiger charge is 2.22. The standard InChI is InChI=1S/C13H14ClN3O3/c1-3-9-12(13(20)16(2)7-11(18)19)17-5-4-8(14)6-10(17)15-9/h4-6H,3,7H2,1-2H3,(H,18,19). The molecule has 0 atom stereocenters. The van der Waals surface area contributed by atoms with E-state index in [2.05, 4.69) is 4.98 Å². The molecule has 2 aromatic heterocycles. The van der Waals surface area contributed by atoms with E-state index in [1.54, 1.807) is 22.7 Å². The van der Waals surface area contributed by atoms with Gasteiger partial charge in [0.1, 0.15) is 17.9 Å². The van der Waals surface area contributed by atoms with Gasteiger partial charge in [0.2, 0.25) is 0 Å². The molecule has 0 saturated heterocycles. The summed E-state index contributed by atoms with van der Waals surface area (Å²) in [6.45, 7) is 1.53. The molecule has 1 amide bonds. The first-order chi connectivity index (χ1) is 9.43. The number of aromatic nitrogens is 2. The molecule has 6 nitrogen and oxygen atoms in total. The van der Waals surface area contributed by atoms with Crippen molar-refractivity contribution >= 4 is 29.1 Å². The number of carbonyl (C=O) groups excluding carboxylic acids is 1. The number of hydrogen-bond acceptors (Lipinski definition) is 3. The fourth-order valence-corrected chi connectivity index (χ4v) is 2.15. The molecule has 0 aromatic carbocycles. The van der Waals surface area contributed by atoms with Gasteiger partial charge >= 0.3 is 5.97 Å². The Balaban J connectivity index is 2.51. The number of carbonyl (C=O) groups is 2. The number of aliphatic carboxylic acids is 1. The van der Waals surface area contributed by atoms with Crippen LogP contribution in [0, 0.1) is 0 Å². The van der Waals surface area contributed by atoms with E-state index in [0.29, 0.717) is 28.5 Å². The van der Waals surface area contributed by atoms with Crippen molar-refractivity contribution in [2.24, 2.45) is 0 Å². The lowest BCUT2D eigenvalue weighted by Crippen LogP contribution is -2.33. The summed E-state index contributed by atoms with van der Waals surface area (Å²) in [5, 5.41) is 9.30. The van der Waals surface area contributed by atoms with Crippen molar-refractivity contribution in [3.63, 3.8) is 0 Å². The minimum Gasteiger partial charge on any atom is -0.480 e. The highest BCUT2D eigenvalue weighted by Crippen LogP contribution is 2.18. The normalized spacial score (nSPS) is 10.8. The first-order valence-electron chi connectivity index (χ1n) is 6.07. The Labute approximate surface area is 120 Å². The second-order valence-corrected chi connectivity index (χ2v) is 4.83. The Kier molecular flexibility index (Phi) is 3.94. The van der Waals surface area contributed by atoms with Crippen LogP contribution in [0.1, 0.15) is 23.1 Å². The molecule has 7 heteroatoms. The van der Waals surface area contributed by atoms with Gasteiger partial charge in [0.15, 0.2) is 0 Å². The molecular weight excluding hydrogens is 282 g/mol. The minimum absolute atomic E-state index is 0.358. The van der Waals surface area contributed by atoms with Gasteiger partial charge in [-0.15, -0.1) is 0 Å². The van der Waals surface area contributed by atoms with Gasteiger partial charge in [-0.05, 0) is 12.5 Å². The molecule has 1 N–H and O–H groups in total. The van der Waals surface area contributed by atoms with E-state index in [0.717, 1.165) is 4.90 Å². The predicted molar refractivity (Wildman–Crippen MR) is 74.2 cm³/mol. The number of carboxylic acids is 1. The maximum absolute atomic E-state index is 12.4. The Bertz CT molecular complexity index is 681. The molecule has 106 valence electrons. The van der Waals surface area contributed by atoms with Crippen molar-refractivity contribution in [1.82, 2.24) is 14.3 Å². The Hall–Kier alpha value is -2.08. The summed E-state index contributed by atoms with van der Waals surface area (Å²) in [7, 11) is 1.45. The molecule has 0 radical (unpaired) electrons. The molecule has 0 aliphatic heterocycles. The molecule has 2 rings (SSSR count). The first kappa shape index (κ1) is 14.3. The van der Waals surface area contributed by atoms with E-state index in [9.17, 15) is 9.59 Å². The monoisotopic (exact) mass is 295 g/mol. The number of carboxylic acid groups (broad SMARTS) is 1. The number of amides is 1. The zero-order valence-corrected chi connectivity index (χ0v) is 11.9. The lowest BCUT2D eigenvalue weighted by atomic mass is 10.2. The second-order valence-electron chi connectivity index (χ2n) is 4.39. The van der Waals surface area contributed by atoms with Crippen LogP contribution >= 0.6 is 11.6 Å². The molecule has 0 unspecified atom stereocenters. The molecule has 0 bridgehead atoms. The minimum atomic E-state index is -1.06. The number of hydrogen-bond donors (Lipinski definition) is 1. The van der Waals surface area contributed by atoms with Crippen LogP contribution < -0.4 is 0 Å². The van der Waals surface area contributed by atoms with Crippen molar-refractivity contribution in [2.45, 2.75) is 13.3 Å². The fraction of sp³-hybridized carbons (Fsp3) is 0.308. The third-order valence-electron chi connectivity index (χ3n) is 2.92. The van der Waals surface area contributed by atoms with Crippen molar-refractivity contribution in [3.8, 4) is 0 Å². The highest BCUT2D eigenvalue weighted by molar-refractivity contribution is 6.30. The summed E-state index contributed by atoms with van der Waals surface area (Å²) in [5.74, 6) is -1.44. The topological polar surface area (TPSA) is 74.9 Å². The van der Waals surface area contributed by atoms with Crippen LogP contribution in [0.2, 0.25) is 5.02 Å². The number of aryl methyl sites for hydroxylation is 1. The van der Waals surface area contributed by atoms with Gasteiger partial charge in [0, 0.05) is 24.3 Å². The highest BCUT2D eigenvalue weighted by atomic mass is 35.5. The third-order valence-corrected chi connectivity index (χ3v) is 3.15. The summed E-state index contributed by atoms with van der Waals surface area (Å²) < 4.78 is 1.63. The molecule has 20 heavy (non-hydrogen) atoms. The van der Waals surface area contributed by atoms with Gasteiger partial charge in [-0.25, -0.2) is 4.98 Å². The van der Waals surface area contributed by atoms with Crippen LogP contribution in [0.25, 0.3) is 5.65 Å². The number of likely N-dealkylation sites (N-methyl/N-ethyl adjacent to an activating group) is 1. The summed E-state index contributed by atoms with van der Waals surface area (Å²) >= 11 is 5.91. The van der Waals surface area contributed by atoms with Gasteiger partial charge in [0.05, 0.1) is 5.69 Å². The van der Waals surface area contributed by atoms with Crippen LogP contribution in [0.5, 0.6) is 0 Å². The Morgan fingerprint density at radius 3 is 2.80 bits per heavy atom. The first-order valence-corrected chi connectivity index (χ1v) is 6.45. The van der Waals surface area contributed by atoms with Crippen molar-refractivity contribution in [1.29, 1.82) is 0 Å². The van der Waals surface area contributed by atoms with E-state index in [1.165, 1.54) is 7.05 Å². The molecule has 2 heterocycles. The Morgan fingerprint density at radius 2 is 2.20 bits per heavy atom. The van der Waals surface area contributed by atoms with Crippen LogP contribution in [-0.2, 0) is 11.2 Å². The summed E-state index contributed by atoms with van der Waals surface area (Å²) in [6, 6.07) is 3.32. The summed E-state index contributed by atoms with van der Waals surface area (Å²) in [5.41, 5.74) is 1.57. The molecule has 0 saturated carbocycles. The van der Waals surface area contributed by atoms with Crippen LogP contribution in [0.3, 0.4) is 0 Å². The largest absolute Gasteiger partial charge is 0.480 e. The SMILES string of the molecule is CCc1nc2cc(Cl)ccn2c1C(=O)N(C)CC(=O)O. The molecule has 0 aliphatic carbocycles. The fourth-order valence-electron chi connectivity index (χ4n) is 2.00. The number of halogens is 1. The van der Waals surface area contributed by atoms with E-state index in [1.807, 2.05) is 6.92 Å². The number of nitrogens with zero attached hydrogens (tertiary/aromatic N) is 3. The number of rotatable bonds is 4. The van der Waals surface area contributed by atoms with E-state index in [4.69, 9.17) is 16.7 Å². The van der Waals surface area contributed by atoms with Gasteiger partial charge in [-0.2, -0.15) is 0 Å². The molecular formula is C13H14ClN3O3. The van der Waals surface area contributed by atoms with Gasteiger partial charge < -0.3 is 10.0 Å². The lowest BCUT2D eigenvalue weighted by molar-refractivity contribution is -0.137. The van der Waals surface area contributed by atoms with E-state index < -0.39 is 5.97 Å². The summed E-state index contributed by atoms with van der Waals surface area (Å²) in [6.07, 6.45) is 2.23. The van der Waals surface area contributed by atoms with Crippen molar-refractivity contribution in [2.75, 3.05) is 13.6 Å². The maximum Gasteiger partial charge on any atom is 0.323 e. The van der Waals surface area contributed by atoms with Crippen LogP contribution in [0.4, 0.5) is 0 Å². The van der Waals surface area contributed by atoms with E-state index >= 15 is 0 Å². The Morgan fingerprint density at radius 1 is 1.50 bits per heavy atom. The van der Waals surface area contributed by atoms with Gasteiger partial charge in [-0.3, -0.25) is 14.0 Å². The smallest absolute Gasteiger partial charge is 0.323 e. The predicted octanol–water partition coefficient (Wildman–Crippen LogP) is 1.71. The number of imidazole rings is 1. The average molecular weight is 296 g/mol. The van der Waals surface area contributed by atoms with Crippen LogP contribution in [0.15, 0.2) is 18.3 Å². The third kappa shape index (κ3) is 2.60. The summed E-state index contributed by atoms with van der Waals surface area (Å²) in [4.78, 5) is 28.6. The zero-order chi connectivity index (χ0) is 14.9. The maximum atomic E-state index is 12.4. The number of pyridine rings is 1. The van der Waals surface area contributed by atoms with Crippen LogP contribution in [-0.4, -0.2) is 44.9 Å².